The minimum atomic E-state index is -1.10. The normalized spacial score (nSPS) is 17.1. The van der Waals surface area contributed by atoms with Crippen LogP contribution < -0.4 is 26.2 Å². The summed E-state index contributed by atoms with van der Waals surface area (Å²) < 4.78 is 25.6. The van der Waals surface area contributed by atoms with Crippen LogP contribution in [0.25, 0.3) is 0 Å². The highest BCUT2D eigenvalue weighted by Crippen LogP contribution is 2.42. The Bertz CT molecular complexity index is 1930. The molecule has 50 heavy (non-hydrogen) atoms. The van der Waals surface area contributed by atoms with Crippen molar-refractivity contribution in [1.82, 2.24) is 9.55 Å². The molecule has 1 saturated heterocycles. The molecule has 3 atom stereocenters. The Morgan fingerprint density at radius 3 is 2.06 bits per heavy atom. The minimum Gasteiger partial charge on any atom is -0.497 e. The molecule has 4 aromatic carbocycles. The van der Waals surface area contributed by atoms with Gasteiger partial charge >= 0.3 is 5.69 Å². The van der Waals surface area contributed by atoms with E-state index in [9.17, 15) is 9.90 Å². The lowest BCUT2D eigenvalue weighted by molar-refractivity contribution is -0.0944. The van der Waals surface area contributed by atoms with Gasteiger partial charge in [0.05, 0.1) is 39.0 Å². The van der Waals surface area contributed by atoms with Gasteiger partial charge in [-0.05, 0) is 46.5 Å². The van der Waals surface area contributed by atoms with E-state index in [1.165, 1.54) is 4.57 Å². The van der Waals surface area contributed by atoms with Crippen LogP contribution >= 0.6 is 0 Å². The van der Waals surface area contributed by atoms with E-state index in [1.54, 1.807) is 20.4 Å². The Morgan fingerprint density at radius 1 is 0.900 bits per heavy atom. The number of hydrogen-bond acceptors (Lipinski definition) is 9. The molecule has 0 saturated carbocycles. The maximum Gasteiger partial charge on any atom is 0.351 e. The highest BCUT2D eigenvalue weighted by molar-refractivity contribution is 5.53. The van der Waals surface area contributed by atoms with Crippen molar-refractivity contribution in [3.05, 3.63) is 154 Å². The second-order valence-electron chi connectivity index (χ2n) is 11.8. The molecular weight excluding hydrogens is 632 g/mol. The SMILES string of the molecule is COc1ccc(C(OC[C@H]2O[C@@H](n3cc(C#CCN)c(NCc4ccccc4)nc3=O)C[C@@H]2O)(c2ccccc2)c2ccc(OC)cc2)cc1. The zero-order chi connectivity index (χ0) is 34.9. The molecule has 0 unspecified atom stereocenters. The third-order valence-corrected chi connectivity index (χ3v) is 8.73. The fourth-order valence-corrected chi connectivity index (χ4v) is 6.15. The first-order valence-electron chi connectivity index (χ1n) is 16.4. The van der Waals surface area contributed by atoms with E-state index < -0.39 is 29.7 Å². The molecule has 0 amide bonds. The molecule has 10 heteroatoms. The van der Waals surface area contributed by atoms with Gasteiger partial charge in [-0.2, -0.15) is 4.98 Å². The lowest BCUT2D eigenvalue weighted by Gasteiger charge is -2.37. The molecule has 0 radical (unpaired) electrons. The van der Waals surface area contributed by atoms with Gasteiger partial charge in [-0.3, -0.25) is 4.57 Å². The van der Waals surface area contributed by atoms with E-state index >= 15 is 0 Å². The molecule has 6 rings (SSSR count). The van der Waals surface area contributed by atoms with Crippen molar-refractivity contribution in [1.29, 1.82) is 0 Å². The fraction of sp³-hybridized carbons (Fsp3) is 0.250. The molecule has 4 N–H and O–H groups in total. The van der Waals surface area contributed by atoms with Crippen LogP contribution in [-0.4, -0.2) is 54.2 Å². The second kappa shape index (κ2) is 15.8. The number of aliphatic hydroxyl groups is 1. The molecule has 1 aromatic heterocycles. The van der Waals surface area contributed by atoms with Gasteiger partial charge in [0, 0.05) is 19.2 Å². The Labute approximate surface area is 291 Å². The Kier molecular flexibility index (Phi) is 10.9. The summed E-state index contributed by atoms with van der Waals surface area (Å²) in [7, 11) is 3.25. The molecular formula is C40H40N4O6. The fourth-order valence-electron chi connectivity index (χ4n) is 6.15. The van der Waals surface area contributed by atoms with Crippen LogP contribution in [0.3, 0.4) is 0 Å². The predicted octanol–water partition coefficient (Wildman–Crippen LogP) is 4.84. The second-order valence-corrected chi connectivity index (χ2v) is 11.8. The van der Waals surface area contributed by atoms with Crippen LogP contribution in [0.4, 0.5) is 5.82 Å². The van der Waals surface area contributed by atoms with Crippen molar-refractivity contribution in [3.63, 3.8) is 0 Å². The number of anilines is 1. The first kappa shape index (κ1) is 34.4. The monoisotopic (exact) mass is 672 g/mol. The number of ether oxygens (including phenoxy) is 4. The van der Waals surface area contributed by atoms with Crippen molar-refractivity contribution in [2.75, 3.05) is 32.7 Å². The summed E-state index contributed by atoms with van der Waals surface area (Å²) in [5.41, 5.74) is 8.13. The lowest BCUT2D eigenvalue weighted by atomic mass is 9.80. The largest absolute Gasteiger partial charge is 0.497 e. The van der Waals surface area contributed by atoms with Crippen LogP contribution in [0, 0.1) is 11.8 Å². The Morgan fingerprint density at radius 2 is 1.48 bits per heavy atom. The van der Waals surface area contributed by atoms with Crippen LogP contribution in [0.1, 0.15) is 40.5 Å². The summed E-state index contributed by atoms with van der Waals surface area (Å²) in [5.74, 6) is 7.63. The Balaban J connectivity index is 1.30. The van der Waals surface area contributed by atoms with Crippen molar-refractivity contribution < 1.29 is 24.1 Å². The van der Waals surface area contributed by atoms with Gasteiger partial charge < -0.3 is 35.1 Å². The molecule has 1 aliphatic heterocycles. The van der Waals surface area contributed by atoms with Crippen molar-refractivity contribution in [2.45, 2.75) is 37.0 Å². The van der Waals surface area contributed by atoms with Gasteiger partial charge in [-0.25, -0.2) is 4.79 Å². The quantitative estimate of drug-likeness (QED) is 0.126. The number of benzene rings is 4. The smallest absolute Gasteiger partial charge is 0.351 e. The third-order valence-electron chi connectivity index (χ3n) is 8.73. The number of nitrogens with two attached hydrogens (primary N) is 1. The van der Waals surface area contributed by atoms with Crippen molar-refractivity contribution in [2.24, 2.45) is 5.73 Å². The van der Waals surface area contributed by atoms with Crippen molar-refractivity contribution in [3.8, 4) is 23.3 Å². The van der Waals surface area contributed by atoms with E-state index in [-0.39, 0.29) is 19.6 Å². The van der Waals surface area contributed by atoms with Gasteiger partial charge in [0.1, 0.15) is 35.2 Å². The number of methoxy groups -OCH3 is 2. The molecule has 0 spiro atoms. The molecule has 1 aliphatic rings. The van der Waals surface area contributed by atoms with Gasteiger partial charge in [0.2, 0.25) is 0 Å². The molecule has 0 aliphatic carbocycles. The molecule has 10 nitrogen and oxygen atoms in total. The van der Waals surface area contributed by atoms with Gasteiger partial charge in [0.15, 0.2) is 0 Å². The van der Waals surface area contributed by atoms with Crippen LogP contribution in [0.15, 0.2) is 120 Å². The predicted molar refractivity (Wildman–Crippen MR) is 191 cm³/mol. The summed E-state index contributed by atoms with van der Waals surface area (Å²) in [6.45, 7) is 0.600. The topological polar surface area (TPSA) is 130 Å². The zero-order valence-corrected chi connectivity index (χ0v) is 28.0. The van der Waals surface area contributed by atoms with Gasteiger partial charge in [0.25, 0.3) is 0 Å². The van der Waals surface area contributed by atoms with E-state index in [2.05, 4.69) is 22.1 Å². The van der Waals surface area contributed by atoms with E-state index in [1.807, 2.05) is 109 Å². The molecule has 2 heterocycles. The van der Waals surface area contributed by atoms with Crippen LogP contribution in [-0.2, 0) is 21.6 Å². The number of nitrogens with zero attached hydrogens (tertiary/aromatic N) is 2. The molecule has 5 aromatic rings. The van der Waals surface area contributed by atoms with Crippen molar-refractivity contribution >= 4 is 5.82 Å². The van der Waals surface area contributed by atoms with Crippen LogP contribution in [0.5, 0.6) is 11.5 Å². The first-order valence-corrected chi connectivity index (χ1v) is 16.4. The zero-order valence-electron chi connectivity index (χ0n) is 28.0. The summed E-state index contributed by atoms with van der Waals surface area (Å²) in [4.78, 5) is 17.7. The number of rotatable bonds is 12. The number of hydrogen-bond donors (Lipinski definition) is 3. The standard InChI is InChI=1S/C40H40N4O6/c1-47-33-19-15-31(16-20-33)40(30-13-7-4-8-14-30,32-17-21-34(48-2)22-18-32)49-27-36-35(45)24-37(50-36)44-26-29(12-9-23-41)38(43-39(44)46)42-25-28-10-5-3-6-11-28/h3-8,10-11,13-22,26,35-37,45H,23-25,27,41H2,1-2H3,(H,42,43,46)/t35-,36+,37+/m0/s1. The Hall–Kier alpha value is -5.44. The van der Waals surface area contributed by atoms with Gasteiger partial charge in [-0.15, -0.1) is 0 Å². The number of aromatic nitrogens is 2. The van der Waals surface area contributed by atoms with E-state index in [0.717, 1.165) is 22.3 Å². The summed E-state index contributed by atoms with van der Waals surface area (Å²) in [6, 6.07) is 35.1. The maximum atomic E-state index is 13.4. The number of nitrogens with one attached hydrogen (secondary N) is 1. The average Bonchev–Trinajstić information content (AvgIpc) is 3.54. The minimum absolute atomic E-state index is 0.00332. The first-order chi connectivity index (χ1) is 24.4. The lowest BCUT2D eigenvalue weighted by Crippen LogP contribution is -2.38. The molecule has 256 valence electrons. The summed E-state index contributed by atoms with van der Waals surface area (Å²) >= 11 is 0. The maximum absolute atomic E-state index is 13.4. The van der Waals surface area contributed by atoms with Gasteiger partial charge in [-0.1, -0.05) is 96.8 Å². The summed E-state index contributed by atoms with van der Waals surface area (Å²) in [5, 5.41) is 14.5. The molecule has 1 fully saturated rings. The molecule has 0 bridgehead atoms. The average molecular weight is 673 g/mol. The number of aliphatic hydroxyl groups excluding tert-OH is 1. The highest BCUT2D eigenvalue weighted by Gasteiger charge is 2.42. The summed E-state index contributed by atoms with van der Waals surface area (Å²) in [6.07, 6.45) is -0.732. The van der Waals surface area contributed by atoms with E-state index in [0.29, 0.717) is 29.4 Å². The third kappa shape index (κ3) is 7.42. The van der Waals surface area contributed by atoms with Crippen LogP contribution in [0.2, 0.25) is 0 Å². The highest BCUT2D eigenvalue weighted by atomic mass is 16.6. The van der Waals surface area contributed by atoms with E-state index in [4.69, 9.17) is 24.7 Å².